The topological polar surface area (TPSA) is 51.1 Å². The van der Waals surface area contributed by atoms with Crippen molar-refractivity contribution in [3.63, 3.8) is 0 Å². The molecule has 2 aromatic carbocycles. The maximum absolute atomic E-state index is 13.3. The smallest absolute Gasteiger partial charge is 0.233 e. The number of halogens is 2. The normalized spacial score (nSPS) is 15.4. The Bertz CT molecular complexity index is 1030. The molecule has 6 heteroatoms. The van der Waals surface area contributed by atoms with Gasteiger partial charge < -0.3 is 9.88 Å². The van der Waals surface area contributed by atoms with Crippen molar-refractivity contribution in [3.8, 4) is 0 Å². The van der Waals surface area contributed by atoms with Gasteiger partial charge in [0.2, 0.25) is 11.7 Å². The second-order valence-electron chi connectivity index (χ2n) is 6.45. The molecule has 4 nitrogen and oxygen atoms in total. The van der Waals surface area contributed by atoms with Gasteiger partial charge in [0, 0.05) is 29.6 Å². The third-order valence-corrected chi connectivity index (χ3v) is 4.79. The van der Waals surface area contributed by atoms with Crippen LogP contribution >= 0.6 is 0 Å². The molecule has 0 unspecified atom stereocenters. The van der Waals surface area contributed by atoms with Gasteiger partial charge in [-0.1, -0.05) is 30.3 Å². The number of amides is 1. The first-order chi connectivity index (χ1) is 13.0. The fourth-order valence-electron chi connectivity index (χ4n) is 3.45. The highest BCUT2D eigenvalue weighted by Gasteiger charge is 2.32. The Labute approximate surface area is 154 Å². The first kappa shape index (κ1) is 17.1. The van der Waals surface area contributed by atoms with Gasteiger partial charge in [0.05, 0.1) is 11.6 Å². The lowest BCUT2D eigenvalue weighted by molar-refractivity contribution is -0.117. The van der Waals surface area contributed by atoms with Gasteiger partial charge in [-0.25, -0.2) is 8.78 Å². The van der Waals surface area contributed by atoms with Crippen LogP contribution in [0.4, 0.5) is 14.5 Å². The molecule has 0 aliphatic carbocycles. The summed E-state index contributed by atoms with van der Waals surface area (Å²) in [5.41, 5.74) is 2.08. The molecular weight excluding hydrogens is 350 g/mol. The van der Waals surface area contributed by atoms with E-state index in [0.717, 1.165) is 17.8 Å². The third kappa shape index (κ3) is 3.14. The van der Waals surface area contributed by atoms with Crippen LogP contribution in [-0.4, -0.2) is 16.3 Å². The number of nitrogens with zero attached hydrogens (tertiary/aromatic N) is 1. The number of carbonyl (C=O) groups is 2. The predicted molar refractivity (Wildman–Crippen MR) is 96.7 cm³/mol. The van der Waals surface area contributed by atoms with Gasteiger partial charge in [-0.05, 0) is 30.7 Å². The summed E-state index contributed by atoms with van der Waals surface area (Å²) in [4.78, 5) is 25.3. The first-order valence-electron chi connectivity index (χ1n) is 8.59. The minimum Gasteiger partial charge on any atom is -0.341 e. The molecule has 0 saturated heterocycles. The molecule has 0 radical (unpaired) electrons. The summed E-state index contributed by atoms with van der Waals surface area (Å²) in [5, 5.41) is 2.62. The standard InChI is InChI=1S/C21H16F2N2O2/c22-16-7-6-14(12-17(16)23)24-21(27)15-10-11-25-18(15)8-9-19(25)20(26)13-4-2-1-3-5-13/h1-9,12,15H,10-11H2,(H,24,27)/t15-/m0/s1. The molecule has 0 saturated carbocycles. The second-order valence-corrected chi connectivity index (χ2v) is 6.45. The molecule has 0 fully saturated rings. The minimum atomic E-state index is -1.02. The van der Waals surface area contributed by atoms with Crippen molar-refractivity contribution < 1.29 is 18.4 Å². The van der Waals surface area contributed by atoms with Gasteiger partial charge >= 0.3 is 0 Å². The van der Waals surface area contributed by atoms with Crippen LogP contribution in [0.15, 0.2) is 60.7 Å². The average molecular weight is 366 g/mol. The Morgan fingerprint density at radius 3 is 2.48 bits per heavy atom. The van der Waals surface area contributed by atoms with E-state index in [9.17, 15) is 18.4 Å². The molecule has 136 valence electrons. The van der Waals surface area contributed by atoms with Crippen LogP contribution in [-0.2, 0) is 11.3 Å². The van der Waals surface area contributed by atoms with Crippen LogP contribution in [0.2, 0.25) is 0 Å². The summed E-state index contributed by atoms with van der Waals surface area (Å²) >= 11 is 0. The lowest BCUT2D eigenvalue weighted by Gasteiger charge is -2.11. The Balaban J connectivity index is 1.55. The highest BCUT2D eigenvalue weighted by atomic mass is 19.2. The number of fused-ring (bicyclic) bond motifs is 1. The molecule has 1 amide bonds. The number of carbonyl (C=O) groups excluding carboxylic acids is 2. The molecule has 1 aliphatic rings. The zero-order valence-electron chi connectivity index (χ0n) is 14.3. The molecule has 0 spiro atoms. The predicted octanol–water partition coefficient (Wildman–Crippen LogP) is 4.12. The largest absolute Gasteiger partial charge is 0.341 e. The zero-order valence-corrected chi connectivity index (χ0v) is 14.3. The Kier molecular flexibility index (Phi) is 4.32. The SMILES string of the molecule is O=C(c1ccccc1)c1ccc2n1CC[C@@H]2C(=O)Nc1ccc(F)c(F)c1. The lowest BCUT2D eigenvalue weighted by atomic mass is 10.0. The van der Waals surface area contributed by atoms with E-state index in [4.69, 9.17) is 0 Å². The van der Waals surface area contributed by atoms with E-state index in [1.54, 1.807) is 36.4 Å². The number of benzene rings is 2. The maximum atomic E-state index is 13.3. The fourth-order valence-corrected chi connectivity index (χ4v) is 3.45. The van der Waals surface area contributed by atoms with E-state index in [-0.39, 0.29) is 17.4 Å². The van der Waals surface area contributed by atoms with Crippen molar-refractivity contribution in [2.75, 3.05) is 5.32 Å². The molecule has 27 heavy (non-hydrogen) atoms. The molecule has 2 heterocycles. The van der Waals surface area contributed by atoms with E-state index in [0.29, 0.717) is 24.2 Å². The molecular formula is C21H16F2N2O2. The number of ketones is 1. The Morgan fingerprint density at radius 2 is 1.74 bits per heavy atom. The van der Waals surface area contributed by atoms with E-state index in [1.807, 2.05) is 10.6 Å². The average Bonchev–Trinajstić information content (AvgIpc) is 3.27. The van der Waals surface area contributed by atoms with Crippen LogP contribution in [0.5, 0.6) is 0 Å². The number of nitrogens with one attached hydrogen (secondary N) is 1. The minimum absolute atomic E-state index is 0.0940. The van der Waals surface area contributed by atoms with E-state index in [1.165, 1.54) is 6.07 Å². The van der Waals surface area contributed by atoms with Crippen molar-refractivity contribution in [1.82, 2.24) is 4.57 Å². The van der Waals surface area contributed by atoms with Gasteiger partial charge in [-0.3, -0.25) is 9.59 Å². The summed E-state index contributed by atoms with van der Waals surface area (Å²) in [5.74, 6) is -2.83. The highest BCUT2D eigenvalue weighted by molar-refractivity contribution is 6.08. The number of anilines is 1. The quantitative estimate of drug-likeness (QED) is 0.706. The molecule has 3 aromatic rings. The zero-order chi connectivity index (χ0) is 19.0. The molecule has 1 aromatic heterocycles. The summed E-state index contributed by atoms with van der Waals surface area (Å²) < 4.78 is 28.2. The maximum Gasteiger partial charge on any atom is 0.233 e. The van der Waals surface area contributed by atoms with Gasteiger partial charge in [0.15, 0.2) is 11.6 Å². The fraction of sp³-hybridized carbons (Fsp3) is 0.143. The number of hydrogen-bond acceptors (Lipinski definition) is 2. The van der Waals surface area contributed by atoms with E-state index in [2.05, 4.69) is 5.32 Å². The summed E-state index contributed by atoms with van der Waals surface area (Å²) in [6.45, 7) is 0.548. The Hall–Kier alpha value is -3.28. The second kappa shape index (κ2) is 6.79. The van der Waals surface area contributed by atoms with Crippen LogP contribution in [0, 0.1) is 11.6 Å². The van der Waals surface area contributed by atoms with Crippen LogP contribution in [0.1, 0.15) is 34.1 Å². The van der Waals surface area contributed by atoms with Crippen molar-refractivity contribution in [2.45, 2.75) is 18.9 Å². The van der Waals surface area contributed by atoms with Crippen LogP contribution in [0.3, 0.4) is 0 Å². The summed E-state index contributed by atoms with van der Waals surface area (Å²) in [6, 6.07) is 15.7. The van der Waals surface area contributed by atoms with E-state index < -0.39 is 17.6 Å². The molecule has 4 rings (SSSR count). The van der Waals surface area contributed by atoms with E-state index >= 15 is 0 Å². The van der Waals surface area contributed by atoms with Gasteiger partial charge in [0.1, 0.15) is 0 Å². The van der Waals surface area contributed by atoms with Gasteiger partial charge in [-0.15, -0.1) is 0 Å². The monoisotopic (exact) mass is 366 g/mol. The molecule has 1 aliphatic heterocycles. The molecule has 1 N–H and O–H groups in total. The van der Waals surface area contributed by atoms with Gasteiger partial charge in [0.25, 0.3) is 0 Å². The van der Waals surface area contributed by atoms with Crippen LogP contribution in [0.25, 0.3) is 0 Å². The number of rotatable bonds is 4. The van der Waals surface area contributed by atoms with Gasteiger partial charge in [-0.2, -0.15) is 0 Å². The third-order valence-electron chi connectivity index (χ3n) is 4.79. The molecule has 0 bridgehead atoms. The number of hydrogen-bond donors (Lipinski definition) is 1. The van der Waals surface area contributed by atoms with Crippen molar-refractivity contribution >= 4 is 17.4 Å². The summed E-state index contributed by atoms with van der Waals surface area (Å²) in [6.07, 6.45) is 0.542. The van der Waals surface area contributed by atoms with Crippen molar-refractivity contribution in [1.29, 1.82) is 0 Å². The lowest BCUT2D eigenvalue weighted by Crippen LogP contribution is -2.19. The summed E-state index contributed by atoms with van der Waals surface area (Å²) in [7, 11) is 0. The van der Waals surface area contributed by atoms with Crippen molar-refractivity contribution in [2.24, 2.45) is 0 Å². The van der Waals surface area contributed by atoms with Crippen molar-refractivity contribution in [3.05, 3.63) is 89.2 Å². The Morgan fingerprint density at radius 1 is 0.963 bits per heavy atom. The number of aromatic nitrogens is 1. The van der Waals surface area contributed by atoms with Crippen LogP contribution < -0.4 is 5.32 Å². The highest BCUT2D eigenvalue weighted by Crippen LogP contribution is 2.32. The molecule has 1 atom stereocenters. The first-order valence-corrected chi connectivity index (χ1v) is 8.59.